The molecule has 0 saturated carbocycles. The van der Waals surface area contributed by atoms with Crippen LogP contribution in [0.4, 0.5) is 0 Å². The van der Waals surface area contributed by atoms with Gasteiger partial charge in [-0.3, -0.25) is 0 Å². The van der Waals surface area contributed by atoms with Gasteiger partial charge in [-0.05, 0) is 50.0 Å². The van der Waals surface area contributed by atoms with Crippen LogP contribution in [0.1, 0.15) is 32.3 Å². The van der Waals surface area contributed by atoms with E-state index >= 15 is 0 Å². The second-order valence-electron chi connectivity index (χ2n) is 6.01. The van der Waals surface area contributed by atoms with Crippen molar-refractivity contribution in [1.82, 2.24) is 14.9 Å². The highest BCUT2D eigenvalue weighted by Gasteiger charge is 2.24. The third-order valence-electron chi connectivity index (χ3n) is 3.65. The van der Waals surface area contributed by atoms with Crippen molar-refractivity contribution in [3.8, 4) is 0 Å². The molecular weight excluding hydrogens is 306 g/mol. The maximum absolute atomic E-state index is 12.4. The molecule has 2 heterocycles. The number of thiophene rings is 1. The lowest BCUT2D eigenvalue weighted by Gasteiger charge is -2.29. The summed E-state index contributed by atoms with van der Waals surface area (Å²) >= 11 is 1.30. The van der Waals surface area contributed by atoms with E-state index in [0.717, 1.165) is 31.5 Å². The van der Waals surface area contributed by atoms with Gasteiger partial charge in [-0.15, -0.1) is 11.3 Å². The molecule has 1 aliphatic heterocycles. The maximum atomic E-state index is 12.4. The summed E-state index contributed by atoms with van der Waals surface area (Å²) in [7, 11) is -1.31. The fourth-order valence-corrected chi connectivity index (χ4v) is 4.84. The van der Waals surface area contributed by atoms with E-state index in [1.165, 1.54) is 11.3 Å². The molecule has 2 N–H and O–H groups in total. The van der Waals surface area contributed by atoms with Crippen LogP contribution in [0.5, 0.6) is 0 Å². The van der Waals surface area contributed by atoms with E-state index in [1.807, 2.05) is 5.38 Å². The van der Waals surface area contributed by atoms with Crippen molar-refractivity contribution in [1.29, 1.82) is 0 Å². The Balaban J connectivity index is 1.96. The summed E-state index contributed by atoms with van der Waals surface area (Å²) in [5.41, 5.74) is 1.03. The molecule has 7 heteroatoms. The second kappa shape index (κ2) is 7.19. The van der Waals surface area contributed by atoms with Crippen LogP contribution < -0.4 is 10.0 Å². The summed E-state index contributed by atoms with van der Waals surface area (Å²) in [4.78, 5) is 2.23. The van der Waals surface area contributed by atoms with Crippen LogP contribution in [0.15, 0.2) is 15.7 Å². The molecule has 0 bridgehead atoms. The van der Waals surface area contributed by atoms with Gasteiger partial charge in [0.2, 0.25) is 10.0 Å². The van der Waals surface area contributed by atoms with E-state index in [-0.39, 0.29) is 6.04 Å². The van der Waals surface area contributed by atoms with E-state index in [2.05, 4.69) is 35.8 Å². The molecule has 1 saturated heterocycles. The van der Waals surface area contributed by atoms with Gasteiger partial charge in [0.15, 0.2) is 0 Å². The minimum Gasteiger partial charge on any atom is -0.310 e. The average Bonchev–Trinajstić information content (AvgIpc) is 2.88. The fraction of sp³-hybridized carbons (Fsp3) is 0.714. The van der Waals surface area contributed by atoms with E-state index < -0.39 is 10.0 Å². The van der Waals surface area contributed by atoms with Crippen molar-refractivity contribution in [3.05, 3.63) is 17.0 Å². The number of hydrogen-bond donors (Lipinski definition) is 2. The van der Waals surface area contributed by atoms with E-state index in [0.29, 0.717) is 16.8 Å². The number of rotatable bonds is 6. The number of hydrogen-bond acceptors (Lipinski definition) is 5. The van der Waals surface area contributed by atoms with Crippen LogP contribution in [-0.2, 0) is 16.6 Å². The lowest BCUT2D eigenvalue weighted by molar-refractivity contribution is 0.248. The average molecular weight is 332 g/mol. The van der Waals surface area contributed by atoms with E-state index in [9.17, 15) is 8.42 Å². The lowest BCUT2D eigenvalue weighted by atomic mass is 10.1. The Morgan fingerprint density at radius 1 is 1.38 bits per heavy atom. The monoisotopic (exact) mass is 331 g/mol. The zero-order valence-corrected chi connectivity index (χ0v) is 14.6. The van der Waals surface area contributed by atoms with Crippen LogP contribution >= 0.6 is 11.3 Å². The predicted octanol–water partition coefficient (Wildman–Crippen LogP) is 1.62. The van der Waals surface area contributed by atoms with Crippen molar-refractivity contribution < 1.29 is 8.42 Å². The van der Waals surface area contributed by atoms with Gasteiger partial charge in [-0.2, -0.15) is 0 Å². The number of piperidine rings is 1. The van der Waals surface area contributed by atoms with Crippen LogP contribution in [-0.4, -0.2) is 45.5 Å². The Labute approximate surface area is 131 Å². The molecule has 1 fully saturated rings. The molecule has 1 aliphatic rings. The summed E-state index contributed by atoms with van der Waals surface area (Å²) in [6, 6.07) is 2.23. The Hall–Kier alpha value is -0.470. The fourth-order valence-electron chi connectivity index (χ4n) is 2.31. The maximum Gasteiger partial charge on any atom is 0.250 e. The Morgan fingerprint density at radius 3 is 2.67 bits per heavy atom. The van der Waals surface area contributed by atoms with Crippen LogP contribution in [0.3, 0.4) is 0 Å². The third-order valence-corrected chi connectivity index (χ3v) is 6.66. The molecule has 0 radical (unpaired) electrons. The first-order valence-corrected chi connectivity index (χ1v) is 9.75. The predicted molar refractivity (Wildman–Crippen MR) is 87.1 cm³/mol. The van der Waals surface area contributed by atoms with Crippen LogP contribution in [0.2, 0.25) is 0 Å². The number of nitrogens with one attached hydrogen (secondary N) is 2. The first kappa shape index (κ1) is 16.9. The third kappa shape index (κ3) is 5.03. The van der Waals surface area contributed by atoms with Crippen molar-refractivity contribution in [3.63, 3.8) is 0 Å². The zero-order valence-electron chi connectivity index (χ0n) is 12.9. The van der Waals surface area contributed by atoms with Gasteiger partial charge < -0.3 is 10.2 Å². The van der Waals surface area contributed by atoms with Gasteiger partial charge in [-0.1, -0.05) is 13.8 Å². The highest BCUT2D eigenvalue weighted by atomic mass is 32.2. The summed E-state index contributed by atoms with van der Waals surface area (Å²) in [5.74, 6) is 0. The van der Waals surface area contributed by atoms with Gasteiger partial charge in [-0.25, -0.2) is 13.1 Å². The smallest absolute Gasteiger partial charge is 0.250 e. The molecule has 0 amide bonds. The van der Waals surface area contributed by atoms with Crippen molar-refractivity contribution in [2.75, 3.05) is 20.1 Å². The number of sulfonamides is 1. The Bertz CT molecular complexity index is 546. The summed E-state index contributed by atoms with van der Waals surface area (Å²) < 4.78 is 28.1. The van der Waals surface area contributed by atoms with Gasteiger partial charge in [0.1, 0.15) is 4.21 Å². The largest absolute Gasteiger partial charge is 0.310 e. The van der Waals surface area contributed by atoms with Crippen molar-refractivity contribution in [2.24, 2.45) is 0 Å². The molecule has 120 valence electrons. The molecule has 0 unspecified atom stereocenters. The van der Waals surface area contributed by atoms with E-state index in [4.69, 9.17) is 0 Å². The number of nitrogens with zero attached hydrogens (tertiary/aromatic N) is 1. The molecule has 0 aliphatic carbocycles. The van der Waals surface area contributed by atoms with Crippen LogP contribution in [0.25, 0.3) is 0 Å². The first-order valence-electron chi connectivity index (χ1n) is 7.38. The first-order chi connectivity index (χ1) is 9.87. The van der Waals surface area contributed by atoms with E-state index in [1.54, 1.807) is 6.07 Å². The van der Waals surface area contributed by atoms with Gasteiger partial charge in [0, 0.05) is 18.6 Å². The Morgan fingerprint density at radius 2 is 2.05 bits per heavy atom. The molecule has 5 nitrogen and oxygen atoms in total. The lowest BCUT2D eigenvalue weighted by Crippen LogP contribution is -2.43. The highest BCUT2D eigenvalue weighted by Crippen LogP contribution is 2.21. The van der Waals surface area contributed by atoms with Crippen molar-refractivity contribution >= 4 is 21.4 Å². The Kier molecular flexibility index (Phi) is 5.79. The molecule has 0 spiro atoms. The number of likely N-dealkylation sites (tertiary alicyclic amines) is 1. The zero-order chi connectivity index (χ0) is 15.5. The summed E-state index contributed by atoms with van der Waals surface area (Å²) in [6.45, 7) is 6.75. The second-order valence-corrected chi connectivity index (χ2v) is 8.86. The topological polar surface area (TPSA) is 61.4 Å². The molecule has 0 atom stereocenters. The molecular formula is C14H25N3O2S2. The highest BCUT2D eigenvalue weighted by molar-refractivity contribution is 7.91. The molecule has 21 heavy (non-hydrogen) atoms. The van der Waals surface area contributed by atoms with Crippen LogP contribution in [0, 0.1) is 0 Å². The SMILES string of the molecule is CC(C)NCc1csc(S(=O)(=O)NC2CCN(C)CC2)c1. The molecule has 1 aromatic heterocycles. The summed E-state index contributed by atoms with van der Waals surface area (Å²) in [5, 5.41) is 5.21. The van der Waals surface area contributed by atoms with Crippen molar-refractivity contribution in [2.45, 2.75) is 49.5 Å². The quantitative estimate of drug-likeness (QED) is 0.831. The van der Waals surface area contributed by atoms with Gasteiger partial charge >= 0.3 is 0 Å². The summed E-state index contributed by atoms with van der Waals surface area (Å²) in [6.07, 6.45) is 1.76. The van der Waals surface area contributed by atoms with Gasteiger partial charge in [0.25, 0.3) is 0 Å². The molecule has 2 rings (SSSR count). The molecule has 1 aromatic rings. The standard InChI is InChI=1S/C14H25N3O2S2/c1-11(2)15-9-12-8-14(20-10-12)21(18,19)16-13-4-6-17(3)7-5-13/h8,10-11,13,15-16H,4-7,9H2,1-3H3. The minimum atomic E-state index is -3.37. The van der Waals surface area contributed by atoms with Gasteiger partial charge in [0.05, 0.1) is 0 Å². The normalized spacial score (nSPS) is 18.5. The minimum absolute atomic E-state index is 0.0607. The molecule has 0 aromatic carbocycles.